The monoisotopic (exact) mass is 262 g/mol. The molecule has 0 spiro atoms. The minimum atomic E-state index is -0.471. The van der Waals surface area contributed by atoms with Crippen molar-refractivity contribution in [3.05, 3.63) is 29.8 Å². The molecule has 19 heavy (non-hydrogen) atoms. The number of piperazine rings is 1. The summed E-state index contributed by atoms with van der Waals surface area (Å²) in [6, 6.07) is 7.85. The lowest BCUT2D eigenvalue weighted by Gasteiger charge is -2.45. The Morgan fingerprint density at radius 2 is 2.05 bits per heavy atom. The molecule has 1 aliphatic heterocycles. The number of nitrogens with zero attached hydrogens (tertiary/aromatic N) is 2. The molecule has 1 amide bonds. The summed E-state index contributed by atoms with van der Waals surface area (Å²) in [5.74, 6) is -0.00786. The van der Waals surface area contributed by atoms with E-state index in [1.807, 2.05) is 18.2 Å². The van der Waals surface area contributed by atoms with Crippen molar-refractivity contribution in [1.82, 2.24) is 4.90 Å². The lowest BCUT2D eigenvalue weighted by atomic mass is 10.0. The first-order valence-electron chi connectivity index (χ1n) is 6.82. The largest absolute Gasteiger partial charge is 0.394 e. The fourth-order valence-corrected chi connectivity index (χ4v) is 2.89. The van der Waals surface area contributed by atoms with Crippen LogP contribution in [-0.4, -0.2) is 48.2 Å². The summed E-state index contributed by atoms with van der Waals surface area (Å²) in [7, 11) is 1.80. The molecule has 4 heteroatoms. The van der Waals surface area contributed by atoms with E-state index in [1.54, 1.807) is 11.9 Å². The summed E-state index contributed by atoms with van der Waals surface area (Å²) in [6.45, 7) is 4.74. The second-order valence-corrected chi connectivity index (χ2v) is 5.16. The molecule has 1 aromatic rings. The molecule has 2 atom stereocenters. The molecule has 2 unspecified atom stereocenters. The number of likely N-dealkylation sites (N-methyl/N-ethyl adjacent to an activating group) is 1. The normalized spacial score (nSPS) is 23.9. The zero-order valence-corrected chi connectivity index (χ0v) is 11.8. The van der Waals surface area contributed by atoms with Crippen molar-refractivity contribution in [3.63, 3.8) is 0 Å². The van der Waals surface area contributed by atoms with Crippen molar-refractivity contribution in [1.29, 1.82) is 0 Å². The SMILES string of the molecule is CCc1ccccc1N1C(C)CN(C)C(=O)C1CO. The average Bonchev–Trinajstić information content (AvgIpc) is 2.42. The van der Waals surface area contributed by atoms with Gasteiger partial charge in [0, 0.05) is 25.3 Å². The Labute approximate surface area is 114 Å². The number of anilines is 1. The highest BCUT2D eigenvalue weighted by atomic mass is 16.3. The fraction of sp³-hybridized carbons (Fsp3) is 0.533. The fourth-order valence-electron chi connectivity index (χ4n) is 2.89. The van der Waals surface area contributed by atoms with Crippen LogP contribution in [-0.2, 0) is 11.2 Å². The van der Waals surface area contributed by atoms with Crippen LogP contribution < -0.4 is 4.90 Å². The smallest absolute Gasteiger partial charge is 0.247 e. The van der Waals surface area contributed by atoms with E-state index >= 15 is 0 Å². The van der Waals surface area contributed by atoms with Crippen molar-refractivity contribution >= 4 is 11.6 Å². The first-order chi connectivity index (χ1) is 9.10. The third kappa shape index (κ3) is 2.45. The van der Waals surface area contributed by atoms with Gasteiger partial charge in [-0.05, 0) is 25.0 Å². The van der Waals surface area contributed by atoms with Gasteiger partial charge in [0.1, 0.15) is 6.04 Å². The Kier molecular flexibility index (Phi) is 4.10. The molecule has 0 aromatic heterocycles. The Morgan fingerprint density at radius 3 is 2.68 bits per heavy atom. The number of carbonyl (C=O) groups is 1. The van der Waals surface area contributed by atoms with Crippen LogP contribution in [0.25, 0.3) is 0 Å². The molecule has 1 N–H and O–H groups in total. The van der Waals surface area contributed by atoms with Gasteiger partial charge in [-0.1, -0.05) is 25.1 Å². The van der Waals surface area contributed by atoms with Crippen LogP contribution in [0.15, 0.2) is 24.3 Å². The summed E-state index contributed by atoms with van der Waals surface area (Å²) in [6.07, 6.45) is 0.918. The maximum Gasteiger partial charge on any atom is 0.247 e. The third-order valence-corrected chi connectivity index (χ3v) is 3.83. The van der Waals surface area contributed by atoms with Crippen LogP contribution in [0.4, 0.5) is 5.69 Å². The molecular formula is C15H22N2O2. The van der Waals surface area contributed by atoms with E-state index in [0.29, 0.717) is 6.54 Å². The molecule has 104 valence electrons. The second kappa shape index (κ2) is 5.61. The maximum absolute atomic E-state index is 12.2. The van der Waals surface area contributed by atoms with Crippen LogP contribution in [0, 0.1) is 0 Å². The Hall–Kier alpha value is -1.55. The molecule has 1 heterocycles. The van der Waals surface area contributed by atoms with Gasteiger partial charge in [-0.2, -0.15) is 0 Å². The second-order valence-electron chi connectivity index (χ2n) is 5.16. The van der Waals surface area contributed by atoms with Crippen LogP contribution in [0.1, 0.15) is 19.4 Å². The van der Waals surface area contributed by atoms with Crippen molar-refractivity contribution in [3.8, 4) is 0 Å². The zero-order chi connectivity index (χ0) is 14.0. The predicted molar refractivity (Wildman–Crippen MR) is 76.3 cm³/mol. The van der Waals surface area contributed by atoms with E-state index in [4.69, 9.17) is 0 Å². The molecule has 1 fully saturated rings. The maximum atomic E-state index is 12.2. The van der Waals surface area contributed by atoms with Gasteiger partial charge in [0.2, 0.25) is 5.91 Å². The van der Waals surface area contributed by atoms with Crippen LogP contribution in [0.3, 0.4) is 0 Å². The lowest BCUT2D eigenvalue weighted by molar-refractivity contribution is -0.134. The summed E-state index contributed by atoms with van der Waals surface area (Å²) < 4.78 is 0. The topological polar surface area (TPSA) is 43.8 Å². The van der Waals surface area contributed by atoms with E-state index in [2.05, 4.69) is 24.8 Å². The Balaban J connectivity index is 2.42. The molecule has 0 bridgehead atoms. The van der Waals surface area contributed by atoms with Gasteiger partial charge in [-0.3, -0.25) is 4.79 Å². The summed E-state index contributed by atoms with van der Waals surface area (Å²) in [4.78, 5) is 16.0. The summed E-state index contributed by atoms with van der Waals surface area (Å²) >= 11 is 0. The van der Waals surface area contributed by atoms with Crippen molar-refractivity contribution in [2.75, 3.05) is 25.1 Å². The van der Waals surface area contributed by atoms with Gasteiger partial charge in [-0.25, -0.2) is 0 Å². The van der Waals surface area contributed by atoms with Crippen molar-refractivity contribution in [2.45, 2.75) is 32.4 Å². The number of hydrogen-bond donors (Lipinski definition) is 1. The van der Waals surface area contributed by atoms with Crippen molar-refractivity contribution < 1.29 is 9.90 Å². The molecule has 0 radical (unpaired) electrons. The molecule has 4 nitrogen and oxygen atoms in total. The first kappa shape index (κ1) is 13.9. The van der Waals surface area contributed by atoms with E-state index in [1.165, 1.54) is 5.56 Å². The Morgan fingerprint density at radius 1 is 1.37 bits per heavy atom. The minimum Gasteiger partial charge on any atom is -0.394 e. The zero-order valence-electron chi connectivity index (χ0n) is 11.8. The van der Waals surface area contributed by atoms with E-state index < -0.39 is 6.04 Å². The number of amides is 1. The molecule has 1 saturated heterocycles. The number of carbonyl (C=O) groups excluding carboxylic acids is 1. The molecule has 1 aliphatic rings. The molecule has 1 aromatic carbocycles. The number of hydrogen-bond acceptors (Lipinski definition) is 3. The number of aliphatic hydroxyl groups is 1. The van der Waals surface area contributed by atoms with Crippen LogP contribution >= 0.6 is 0 Å². The standard InChI is InChI=1S/C15H22N2O2/c1-4-12-7-5-6-8-13(12)17-11(2)9-16(3)15(19)14(17)10-18/h5-8,11,14,18H,4,9-10H2,1-3H3. The molecule has 2 rings (SSSR count). The van der Waals surface area contributed by atoms with Gasteiger partial charge < -0.3 is 14.9 Å². The quantitative estimate of drug-likeness (QED) is 0.892. The van der Waals surface area contributed by atoms with Gasteiger partial charge in [0.05, 0.1) is 6.61 Å². The summed E-state index contributed by atoms with van der Waals surface area (Å²) in [5, 5.41) is 9.60. The number of benzene rings is 1. The number of aryl methyl sites for hydroxylation is 1. The summed E-state index contributed by atoms with van der Waals surface area (Å²) in [5.41, 5.74) is 2.28. The lowest BCUT2D eigenvalue weighted by Crippen LogP contribution is -2.61. The van der Waals surface area contributed by atoms with E-state index in [9.17, 15) is 9.90 Å². The van der Waals surface area contributed by atoms with Gasteiger partial charge >= 0.3 is 0 Å². The molecular weight excluding hydrogens is 240 g/mol. The van der Waals surface area contributed by atoms with Gasteiger partial charge in [0.25, 0.3) is 0 Å². The first-order valence-corrected chi connectivity index (χ1v) is 6.82. The van der Waals surface area contributed by atoms with E-state index in [-0.39, 0.29) is 18.6 Å². The van der Waals surface area contributed by atoms with Gasteiger partial charge in [0.15, 0.2) is 0 Å². The van der Waals surface area contributed by atoms with Crippen LogP contribution in [0.2, 0.25) is 0 Å². The molecule has 0 saturated carbocycles. The highest BCUT2D eigenvalue weighted by Gasteiger charge is 2.37. The van der Waals surface area contributed by atoms with E-state index in [0.717, 1.165) is 12.1 Å². The number of para-hydroxylation sites is 1. The van der Waals surface area contributed by atoms with Crippen LogP contribution in [0.5, 0.6) is 0 Å². The third-order valence-electron chi connectivity index (χ3n) is 3.83. The number of rotatable bonds is 3. The highest BCUT2D eigenvalue weighted by molar-refractivity contribution is 5.87. The average molecular weight is 262 g/mol. The highest BCUT2D eigenvalue weighted by Crippen LogP contribution is 2.28. The molecule has 0 aliphatic carbocycles. The van der Waals surface area contributed by atoms with Gasteiger partial charge in [-0.15, -0.1) is 0 Å². The van der Waals surface area contributed by atoms with Crippen molar-refractivity contribution in [2.24, 2.45) is 0 Å². The Bertz CT molecular complexity index is 461. The minimum absolute atomic E-state index is 0.00786. The number of aliphatic hydroxyl groups excluding tert-OH is 1. The predicted octanol–water partition coefficient (Wildman–Crippen LogP) is 1.28.